The van der Waals surface area contributed by atoms with E-state index in [1.807, 2.05) is 18.3 Å². The summed E-state index contributed by atoms with van der Waals surface area (Å²) in [7, 11) is 0. The molecule has 0 saturated carbocycles. The molecule has 0 saturated heterocycles. The first-order chi connectivity index (χ1) is 7.70. The fourth-order valence-electron chi connectivity index (χ4n) is 1.37. The summed E-state index contributed by atoms with van der Waals surface area (Å²) in [4.78, 5) is 0.282. The first kappa shape index (κ1) is 12.0. The van der Waals surface area contributed by atoms with Gasteiger partial charge in [-0.15, -0.1) is 5.10 Å². The third-order valence-electron chi connectivity index (χ3n) is 2.26. The predicted molar refractivity (Wildman–Crippen MR) is 76.0 cm³/mol. The normalized spacial score (nSPS) is 12.7. The molecule has 1 atom stereocenters. The van der Waals surface area contributed by atoms with Crippen molar-refractivity contribution in [3.8, 4) is 5.69 Å². The quantitative estimate of drug-likeness (QED) is 0.589. The highest BCUT2D eigenvalue weighted by molar-refractivity contribution is 14.1. The molecule has 2 rings (SSSR count). The summed E-state index contributed by atoms with van der Waals surface area (Å²) in [5, 5.41) is 8.29. The summed E-state index contributed by atoms with van der Waals surface area (Å²) in [5.41, 5.74) is 2.02. The Morgan fingerprint density at radius 3 is 3.00 bits per heavy atom. The van der Waals surface area contributed by atoms with Crippen LogP contribution in [0.4, 0.5) is 0 Å². The Morgan fingerprint density at radius 1 is 1.50 bits per heavy atom. The van der Waals surface area contributed by atoms with Gasteiger partial charge in [-0.1, -0.05) is 34.1 Å². The zero-order chi connectivity index (χ0) is 11.5. The highest BCUT2D eigenvalue weighted by atomic mass is 127. The topological polar surface area (TPSA) is 30.7 Å². The van der Waals surface area contributed by atoms with Crippen LogP contribution in [-0.4, -0.2) is 15.0 Å². The van der Waals surface area contributed by atoms with Crippen LogP contribution in [0.3, 0.4) is 0 Å². The van der Waals surface area contributed by atoms with Gasteiger partial charge >= 0.3 is 0 Å². The zero-order valence-corrected chi connectivity index (χ0v) is 12.5. The fourth-order valence-corrected chi connectivity index (χ4v) is 2.11. The minimum atomic E-state index is 0.282. The largest absolute Gasteiger partial charge is 0.220 e. The van der Waals surface area contributed by atoms with E-state index in [4.69, 9.17) is 0 Å². The second kappa shape index (κ2) is 5.27. The molecule has 1 aromatic heterocycles. The Morgan fingerprint density at radius 2 is 2.31 bits per heavy atom. The first-order valence-corrected chi connectivity index (χ1v) is 7.02. The third-order valence-corrected chi connectivity index (χ3v) is 4.05. The Kier molecular flexibility index (Phi) is 3.96. The summed E-state index contributed by atoms with van der Waals surface area (Å²) in [5.74, 6) is 0. The Bertz CT molecular complexity index is 484. The molecule has 1 heterocycles. The highest BCUT2D eigenvalue weighted by Crippen LogP contribution is 2.24. The van der Waals surface area contributed by atoms with E-state index in [0.717, 1.165) is 17.8 Å². The van der Waals surface area contributed by atoms with E-state index in [0.29, 0.717) is 0 Å². The summed E-state index contributed by atoms with van der Waals surface area (Å²) in [6.07, 6.45) is 2.97. The van der Waals surface area contributed by atoms with Crippen LogP contribution in [0.25, 0.3) is 5.69 Å². The molecule has 0 N–H and O–H groups in total. The fraction of sp³-hybridized carbons (Fsp3) is 0.273. The van der Waals surface area contributed by atoms with E-state index in [2.05, 4.69) is 67.9 Å². The van der Waals surface area contributed by atoms with E-state index in [1.54, 1.807) is 4.68 Å². The smallest absolute Gasteiger partial charge is 0.0967 e. The molecule has 0 aliphatic rings. The average Bonchev–Trinajstić information content (AvgIpc) is 2.77. The summed E-state index contributed by atoms with van der Waals surface area (Å²) in [6.45, 7) is 2.11. The minimum absolute atomic E-state index is 0.282. The van der Waals surface area contributed by atoms with Crippen molar-refractivity contribution in [2.45, 2.75) is 18.2 Å². The van der Waals surface area contributed by atoms with Gasteiger partial charge < -0.3 is 0 Å². The van der Waals surface area contributed by atoms with Gasteiger partial charge in [0.2, 0.25) is 0 Å². The minimum Gasteiger partial charge on any atom is -0.220 e. The van der Waals surface area contributed by atoms with Crippen LogP contribution in [0.15, 0.2) is 30.5 Å². The molecule has 1 unspecified atom stereocenters. The molecule has 0 aliphatic carbocycles. The van der Waals surface area contributed by atoms with E-state index >= 15 is 0 Å². The van der Waals surface area contributed by atoms with Gasteiger partial charge in [0.1, 0.15) is 0 Å². The van der Waals surface area contributed by atoms with Crippen LogP contribution in [0, 0.1) is 3.57 Å². The SMILES string of the molecule is CCC(Br)c1cn(-c2cccc(I)c2)nn1. The molecule has 0 spiro atoms. The third kappa shape index (κ3) is 2.63. The van der Waals surface area contributed by atoms with Gasteiger partial charge in [-0.2, -0.15) is 0 Å². The maximum atomic E-state index is 4.16. The van der Waals surface area contributed by atoms with Crippen molar-refractivity contribution < 1.29 is 0 Å². The molecule has 0 radical (unpaired) electrons. The van der Waals surface area contributed by atoms with Crippen molar-refractivity contribution >= 4 is 38.5 Å². The van der Waals surface area contributed by atoms with Gasteiger partial charge in [0.15, 0.2) is 0 Å². The van der Waals surface area contributed by atoms with Crippen LogP contribution < -0.4 is 0 Å². The van der Waals surface area contributed by atoms with Gasteiger partial charge in [-0.25, -0.2) is 4.68 Å². The van der Waals surface area contributed by atoms with Crippen LogP contribution in [-0.2, 0) is 0 Å². The monoisotopic (exact) mass is 391 g/mol. The molecular weight excluding hydrogens is 381 g/mol. The number of halogens is 2. The van der Waals surface area contributed by atoms with Crippen molar-refractivity contribution in [1.29, 1.82) is 0 Å². The van der Waals surface area contributed by atoms with Gasteiger partial charge in [0.05, 0.1) is 22.4 Å². The summed E-state index contributed by atoms with van der Waals surface area (Å²) >= 11 is 5.86. The average molecular weight is 392 g/mol. The maximum absolute atomic E-state index is 4.16. The van der Waals surface area contributed by atoms with Crippen molar-refractivity contribution in [2.24, 2.45) is 0 Å². The second-order valence-corrected chi connectivity index (χ2v) is 5.79. The highest BCUT2D eigenvalue weighted by Gasteiger charge is 2.10. The maximum Gasteiger partial charge on any atom is 0.0967 e. The molecule has 5 heteroatoms. The van der Waals surface area contributed by atoms with E-state index in [1.165, 1.54) is 3.57 Å². The number of benzene rings is 1. The van der Waals surface area contributed by atoms with Gasteiger partial charge in [0.25, 0.3) is 0 Å². The summed E-state index contributed by atoms with van der Waals surface area (Å²) < 4.78 is 3.00. The number of rotatable bonds is 3. The number of aromatic nitrogens is 3. The molecular formula is C11H11BrIN3. The van der Waals surface area contributed by atoms with E-state index in [9.17, 15) is 0 Å². The van der Waals surface area contributed by atoms with Crippen LogP contribution in [0.5, 0.6) is 0 Å². The summed E-state index contributed by atoms with van der Waals surface area (Å²) in [6, 6.07) is 8.18. The molecule has 3 nitrogen and oxygen atoms in total. The molecule has 0 aliphatic heterocycles. The van der Waals surface area contributed by atoms with Crippen molar-refractivity contribution in [3.63, 3.8) is 0 Å². The molecule has 2 aromatic rings. The molecule has 84 valence electrons. The Balaban J connectivity index is 2.31. The lowest BCUT2D eigenvalue weighted by Crippen LogP contribution is -1.94. The Labute approximate surface area is 117 Å². The number of hydrogen-bond donors (Lipinski definition) is 0. The molecule has 0 fully saturated rings. The van der Waals surface area contributed by atoms with Crippen molar-refractivity contribution in [1.82, 2.24) is 15.0 Å². The lowest BCUT2D eigenvalue weighted by Gasteiger charge is -2.01. The zero-order valence-electron chi connectivity index (χ0n) is 8.77. The molecule has 0 amide bonds. The number of hydrogen-bond acceptors (Lipinski definition) is 2. The van der Waals surface area contributed by atoms with Crippen LogP contribution in [0.1, 0.15) is 23.9 Å². The van der Waals surface area contributed by atoms with Gasteiger partial charge in [-0.05, 0) is 47.2 Å². The van der Waals surface area contributed by atoms with E-state index in [-0.39, 0.29) is 4.83 Å². The first-order valence-electron chi connectivity index (χ1n) is 5.03. The standard InChI is InChI=1S/C11H11BrIN3/c1-2-10(12)11-7-16(15-14-11)9-5-3-4-8(13)6-9/h3-7,10H,2H2,1H3. The second-order valence-electron chi connectivity index (χ2n) is 3.44. The molecule has 1 aromatic carbocycles. The lowest BCUT2D eigenvalue weighted by atomic mass is 10.3. The predicted octanol–water partition coefficient (Wildman–Crippen LogP) is 3.72. The van der Waals surface area contributed by atoms with Gasteiger partial charge in [-0.3, -0.25) is 0 Å². The van der Waals surface area contributed by atoms with E-state index < -0.39 is 0 Å². The number of nitrogens with zero attached hydrogens (tertiary/aromatic N) is 3. The van der Waals surface area contributed by atoms with Crippen LogP contribution >= 0.6 is 38.5 Å². The number of alkyl halides is 1. The van der Waals surface area contributed by atoms with Crippen molar-refractivity contribution in [2.75, 3.05) is 0 Å². The molecule has 16 heavy (non-hydrogen) atoms. The van der Waals surface area contributed by atoms with Crippen LogP contribution in [0.2, 0.25) is 0 Å². The van der Waals surface area contributed by atoms with Gasteiger partial charge in [0, 0.05) is 3.57 Å². The Hall–Kier alpha value is -0.430. The van der Waals surface area contributed by atoms with Crippen molar-refractivity contribution in [3.05, 3.63) is 39.7 Å². The lowest BCUT2D eigenvalue weighted by molar-refractivity contribution is 0.790. The molecule has 0 bridgehead atoms.